The largest absolute Gasteiger partial charge is 0.328 e. The summed E-state index contributed by atoms with van der Waals surface area (Å²) in [5, 5.41) is 0. The van der Waals surface area contributed by atoms with Gasteiger partial charge in [-0.15, -0.1) is 0 Å². The molecule has 2 aliphatic rings. The molecule has 0 saturated heterocycles. The van der Waals surface area contributed by atoms with Crippen molar-refractivity contribution in [3.8, 4) is 0 Å². The molecule has 0 aromatic heterocycles. The van der Waals surface area contributed by atoms with Gasteiger partial charge in [0.15, 0.2) is 0 Å². The summed E-state index contributed by atoms with van der Waals surface area (Å²) in [6.45, 7) is 4.56. The number of nitrogens with zero attached hydrogens (tertiary/aromatic N) is 1. The molecular weight excluding hydrogens is 244 g/mol. The van der Waals surface area contributed by atoms with E-state index in [0.29, 0.717) is 6.04 Å². The second-order valence-corrected chi connectivity index (χ2v) is 6.59. The Morgan fingerprint density at radius 3 is 2.60 bits per heavy atom. The molecule has 1 fully saturated rings. The van der Waals surface area contributed by atoms with E-state index >= 15 is 0 Å². The highest BCUT2D eigenvalue weighted by Crippen LogP contribution is 2.26. The fraction of sp³-hybridized carbons (Fsp3) is 0.667. The quantitative estimate of drug-likeness (QED) is 0.911. The zero-order chi connectivity index (χ0) is 13.9. The van der Waals surface area contributed by atoms with Gasteiger partial charge in [0.25, 0.3) is 0 Å². The van der Waals surface area contributed by atoms with Gasteiger partial charge in [-0.2, -0.15) is 0 Å². The number of rotatable bonds is 4. The SMILES string of the molecule is CCN(Cc1ccc2c(c1)CCC2)C1CCC(N)CC1. The number of aryl methyl sites for hydroxylation is 2. The summed E-state index contributed by atoms with van der Waals surface area (Å²) in [5.41, 5.74) is 10.7. The Balaban J connectivity index is 1.65. The maximum atomic E-state index is 6.03. The first-order chi connectivity index (χ1) is 9.76. The molecule has 2 nitrogen and oxygen atoms in total. The van der Waals surface area contributed by atoms with Gasteiger partial charge in [0, 0.05) is 18.6 Å². The van der Waals surface area contributed by atoms with Gasteiger partial charge in [-0.1, -0.05) is 25.1 Å². The molecule has 110 valence electrons. The summed E-state index contributed by atoms with van der Waals surface area (Å²) < 4.78 is 0. The van der Waals surface area contributed by atoms with Crippen LogP contribution >= 0.6 is 0 Å². The van der Waals surface area contributed by atoms with E-state index in [2.05, 4.69) is 30.0 Å². The molecule has 2 N–H and O–H groups in total. The van der Waals surface area contributed by atoms with Crippen molar-refractivity contribution in [1.29, 1.82) is 0 Å². The van der Waals surface area contributed by atoms with Crippen LogP contribution in [0.1, 0.15) is 55.7 Å². The number of nitrogens with two attached hydrogens (primary N) is 1. The lowest BCUT2D eigenvalue weighted by atomic mass is 9.90. The average Bonchev–Trinajstić information content (AvgIpc) is 2.93. The average molecular weight is 272 g/mol. The summed E-state index contributed by atoms with van der Waals surface area (Å²) in [7, 11) is 0. The molecule has 0 spiro atoms. The van der Waals surface area contributed by atoms with Crippen LogP contribution in [0.3, 0.4) is 0 Å². The molecule has 0 heterocycles. The molecule has 0 aliphatic heterocycles. The van der Waals surface area contributed by atoms with Gasteiger partial charge < -0.3 is 5.73 Å². The van der Waals surface area contributed by atoms with Crippen LogP contribution in [0.25, 0.3) is 0 Å². The first kappa shape index (κ1) is 14.1. The van der Waals surface area contributed by atoms with E-state index in [1.165, 1.54) is 50.5 Å². The minimum atomic E-state index is 0.449. The predicted octanol–water partition coefficient (Wildman–Crippen LogP) is 3.27. The van der Waals surface area contributed by atoms with E-state index in [0.717, 1.165) is 19.1 Å². The molecular formula is C18H28N2. The van der Waals surface area contributed by atoms with Gasteiger partial charge >= 0.3 is 0 Å². The Hall–Kier alpha value is -0.860. The highest BCUT2D eigenvalue weighted by Gasteiger charge is 2.23. The Morgan fingerprint density at radius 1 is 1.10 bits per heavy atom. The second-order valence-electron chi connectivity index (χ2n) is 6.59. The molecule has 2 aliphatic carbocycles. The molecule has 0 bridgehead atoms. The van der Waals surface area contributed by atoms with Crippen molar-refractivity contribution in [3.05, 3.63) is 34.9 Å². The van der Waals surface area contributed by atoms with Crippen molar-refractivity contribution < 1.29 is 0 Å². The third-order valence-electron chi connectivity index (χ3n) is 5.21. The molecule has 1 saturated carbocycles. The minimum Gasteiger partial charge on any atom is -0.328 e. The smallest absolute Gasteiger partial charge is 0.0236 e. The van der Waals surface area contributed by atoms with Crippen LogP contribution in [0.15, 0.2) is 18.2 Å². The van der Waals surface area contributed by atoms with Gasteiger partial charge in [-0.05, 0) is 68.2 Å². The van der Waals surface area contributed by atoms with E-state index in [9.17, 15) is 0 Å². The van der Waals surface area contributed by atoms with Crippen molar-refractivity contribution in [2.45, 2.75) is 70.5 Å². The third kappa shape index (κ3) is 3.07. The number of hydrogen-bond acceptors (Lipinski definition) is 2. The molecule has 0 atom stereocenters. The Bertz CT molecular complexity index is 447. The monoisotopic (exact) mass is 272 g/mol. The Labute approximate surface area is 123 Å². The van der Waals surface area contributed by atoms with E-state index in [1.807, 2.05) is 0 Å². The molecule has 0 radical (unpaired) electrons. The summed E-state index contributed by atoms with van der Waals surface area (Å²) >= 11 is 0. The van der Waals surface area contributed by atoms with Crippen molar-refractivity contribution >= 4 is 0 Å². The van der Waals surface area contributed by atoms with E-state index in [4.69, 9.17) is 5.73 Å². The molecule has 0 amide bonds. The third-order valence-corrected chi connectivity index (χ3v) is 5.21. The van der Waals surface area contributed by atoms with Crippen LogP contribution in [0.5, 0.6) is 0 Å². The fourth-order valence-corrected chi connectivity index (χ4v) is 3.92. The van der Waals surface area contributed by atoms with Gasteiger partial charge in [0.05, 0.1) is 0 Å². The minimum absolute atomic E-state index is 0.449. The van der Waals surface area contributed by atoms with E-state index < -0.39 is 0 Å². The highest BCUT2D eigenvalue weighted by molar-refractivity contribution is 5.35. The lowest BCUT2D eigenvalue weighted by Crippen LogP contribution is -2.40. The van der Waals surface area contributed by atoms with Gasteiger partial charge in [-0.25, -0.2) is 0 Å². The molecule has 20 heavy (non-hydrogen) atoms. The summed E-state index contributed by atoms with van der Waals surface area (Å²) in [5.74, 6) is 0. The van der Waals surface area contributed by atoms with E-state index in [1.54, 1.807) is 11.1 Å². The summed E-state index contributed by atoms with van der Waals surface area (Å²) in [4.78, 5) is 2.66. The Morgan fingerprint density at radius 2 is 1.85 bits per heavy atom. The molecule has 2 heteroatoms. The molecule has 1 aromatic rings. The molecule has 3 rings (SSSR count). The second kappa shape index (κ2) is 6.28. The van der Waals surface area contributed by atoms with Crippen molar-refractivity contribution in [1.82, 2.24) is 4.90 Å². The summed E-state index contributed by atoms with van der Waals surface area (Å²) in [6.07, 6.45) is 8.87. The predicted molar refractivity (Wildman–Crippen MR) is 84.8 cm³/mol. The number of hydrogen-bond donors (Lipinski definition) is 1. The normalized spacial score (nSPS) is 25.9. The van der Waals surface area contributed by atoms with Gasteiger partial charge in [0.1, 0.15) is 0 Å². The fourth-order valence-electron chi connectivity index (χ4n) is 3.92. The van der Waals surface area contributed by atoms with Crippen molar-refractivity contribution in [3.63, 3.8) is 0 Å². The standard InChI is InChI=1S/C18H28N2/c1-2-20(18-10-8-17(19)9-11-18)13-14-6-7-15-4-3-5-16(15)12-14/h6-7,12,17-18H,2-5,8-11,13,19H2,1H3. The van der Waals surface area contributed by atoms with Crippen LogP contribution in [0.4, 0.5) is 0 Å². The maximum Gasteiger partial charge on any atom is 0.0236 e. The van der Waals surface area contributed by atoms with Crippen molar-refractivity contribution in [2.75, 3.05) is 6.54 Å². The first-order valence-electron chi connectivity index (χ1n) is 8.36. The summed E-state index contributed by atoms with van der Waals surface area (Å²) in [6, 6.07) is 8.36. The maximum absolute atomic E-state index is 6.03. The Kier molecular flexibility index (Phi) is 4.42. The molecule has 0 unspecified atom stereocenters. The zero-order valence-corrected chi connectivity index (χ0v) is 12.8. The molecule has 1 aromatic carbocycles. The van der Waals surface area contributed by atoms with Crippen LogP contribution in [0, 0.1) is 0 Å². The van der Waals surface area contributed by atoms with Crippen LogP contribution < -0.4 is 5.73 Å². The van der Waals surface area contributed by atoms with Crippen LogP contribution in [-0.4, -0.2) is 23.5 Å². The lowest BCUT2D eigenvalue weighted by molar-refractivity contribution is 0.149. The number of fused-ring (bicyclic) bond motifs is 1. The van der Waals surface area contributed by atoms with Crippen molar-refractivity contribution in [2.24, 2.45) is 5.73 Å². The van der Waals surface area contributed by atoms with Crippen LogP contribution in [-0.2, 0) is 19.4 Å². The van der Waals surface area contributed by atoms with Gasteiger partial charge in [-0.3, -0.25) is 4.90 Å². The topological polar surface area (TPSA) is 29.3 Å². The lowest BCUT2D eigenvalue weighted by Gasteiger charge is -2.35. The van der Waals surface area contributed by atoms with Crippen LogP contribution in [0.2, 0.25) is 0 Å². The first-order valence-corrected chi connectivity index (χ1v) is 8.36. The zero-order valence-electron chi connectivity index (χ0n) is 12.8. The van der Waals surface area contributed by atoms with Gasteiger partial charge in [0.2, 0.25) is 0 Å². The number of benzene rings is 1. The highest BCUT2D eigenvalue weighted by atomic mass is 15.1. The van der Waals surface area contributed by atoms with E-state index in [-0.39, 0.29) is 0 Å².